The normalized spacial score (nSPS) is 12.3. The van der Waals surface area contributed by atoms with Crippen molar-refractivity contribution >= 4 is 17.6 Å². The summed E-state index contributed by atoms with van der Waals surface area (Å²) in [7, 11) is 2.92. The molecular formula is C20H23F3N2O5. The van der Waals surface area contributed by atoms with Crippen LogP contribution in [0, 0.1) is 13.8 Å². The molecule has 164 valence electrons. The second kappa shape index (κ2) is 9.10. The molecule has 1 aromatic heterocycles. The molecule has 1 heterocycles. The summed E-state index contributed by atoms with van der Waals surface area (Å²) in [4.78, 5) is 24.8. The Kier molecular flexibility index (Phi) is 7.01. The van der Waals surface area contributed by atoms with Gasteiger partial charge in [-0.2, -0.15) is 13.2 Å². The van der Waals surface area contributed by atoms with Gasteiger partial charge in [0.25, 0.3) is 5.91 Å². The summed E-state index contributed by atoms with van der Waals surface area (Å²) in [5.74, 6) is -0.618. The largest absolute Gasteiger partial charge is 0.493 e. The number of methoxy groups -OCH3 is 2. The molecule has 10 heteroatoms. The van der Waals surface area contributed by atoms with Gasteiger partial charge in [-0.15, -0.1) is 0 Å². The number of nitrogens with one attached hydrogen (secondary N) is 1. The highest BCUT2D eigenvalue weighted by Crippen LogP contribution is 2.30. The molecule has 0 saturated carbocycles. The number of benzene rings is 1. The van der Waals surface area contributed by atoms with E-state index in [1.807, 2.05) is 0 Å². The smallest absolute Gasteiger partial charge is 0.406 e. The number of esters is 1. The lowest BCUT2D eigenvalue weighted by Crippen LogP contribution is -2.30. The van der Waals surface area contributed by atoms with Crippen molar-refractivity contribution in [3.05, 3.63) is 41.2 Å². The summed E-state index contributed by atoms with van der Waals surface area (Å²) in [6.07, 6.45) is -5.61. The van der Waals surface area contributed by atoms with Crippen LogP contribution in [0.4, 0.5) is 18.9 Å². The van der Waals surface area contributed by atoms with E-state index in [0.29, 0.717) is 17.2 Å². The predicted octanol–water partition coefficient (Wildman–Crippen LogP) is 3.87. The van der Waals surface area contributed by atoms with Crippen molar-refractivity contribution in [3.8, 4) is 11.5 Å². The van der Waals surface area contributed by atoms with E-state index in [9.17, 15) is 22.8 Å². The average Bonchev–Trinajstić information content (AvgIpc) is 2.94. The molecule has 1 aromatic carbocycles. The molecule has 1 amide bonds. The van der Waals surface area contributed by atoms with E-state index in [1.54, 1.807) is 12.1 Å². The predicted molar refractivity (Wildman–Crippen MR) is 103 cm³/mol. The molecule has 0 unspecified atom stereocenters. The van der Waals surface area contributed by atoms with Gasteiger partial charge in [0.1, 0.15) is 6.54 Å². The van der Waals surface area contributed by atoms with E-state index in [1.165, 1.54) is 47.1 Å². The van der Waals surface area contributed by atoms with Gasteiger partial charge in [-0.05, 0) is 39.0 Å². The number of halogens is 3. The van der Waals surface area contributed by atoms with Crippen molar-refractivity contribution in [2.75, 3.05) is 19.5 Å². The monoisotopic (exact) mass is 428 g/mol. The second-order valence-electron chi connectivity index (χ2n) is 6.59. The molecule has 0 aliphatic heterocycles. The van der Waals surface area contributed by atoms with Crippen LogP contribution in [-0.4, -0.2) is 42.9 Å². The number of ether oxygens (including phenoxy) is 3. The zero-order chi connectivity index (χ0) is 22.6. The van der Waals surface area contributed by atoms with Gasteiger partial charge in [0.2, 0.25) is 0 Å². The molecule has 0 aliphatic carbocycles. The Morgan fingerprint density at radius 2 is 1.73 bits per heavy atom. The summed E-state index contributed by atoms with van der Waals surface area (Å²) in [5.41, 5.74) is 0.743. The highest BCUT2D eigenvalue weighted by molar-refractivity contribution is 5.98. The zero-order valence-electron chi connectivity index (χ0n) is 17.2. The maximum atomic E-state index is 12.7. The molecule has 30 heavy (non-hydrogen) atoms. The third kappa shape index (κ3) is 5.46. The topological polar surface area (TPSA) is 78.8 Å². The minimum Gasteiger partial charge on any atom is -0.493 e. The number of nitrogens with zero attached hydrogens (tertiary/aromatic N) is 1. The van der Waals surface area contributed by atoms with E-state index >= 15 is 0 Å². The van der Waals surface area contributed by atoms with Crippen LogP contribution in [0.1, 0.15) is 28.7 Å². The maximum Gasteiger partial charge on any atom is 0.406 e. The van der Waals surface area contributed by atoms with Gasteiger partial charge in [0.15, 0.2) is 17.6 Å². The van der Waals surface area contributed by atoms with Crippen LogP contribution in [0.25, 0.3) is 0 Å². The number of alkyl halides is 3. The number of anilines is 1. The Morgan fingerprint density at radius 1 is 1.10 bits per heavy atom. The fourth-order valence-corrected chi connectivity index (χ4v) is 2.87. The van der Waals surface area contributed by atoms with Crippen LogP contribution in [-0.2, 0) is 16.1 Å². The average molecular weight is 428 g/mol. The molecule has 1 N–H and O–H groups in total. The Hall–Kier alpha value is -3.17. The summed E-state index contributed by atoms with van der Waals surface area (Å²) in [6, 6.07) is 6.03. The molecule has 0 bridgehead atoms. The molecule has 1 atom stereocenters. The fraction of sp³-hybridized carbons (Fsp3) is 0.400. The first-order valence-electron chi connectivity index (χ1n) is 8.94. The standard InChI is InChI=1S/C20H23F3N2O5/c1-11-8-15(12(2)25(11)10-20(21,22)23)19(27)30-13(3)18(26)24-14-6-7-16(28-4)17(9-14)29-5/h6-9,13H,10H2,1-5H3,(H,24,26)/t13-/m0/s1. The van der Waals surface area contributed by atoms with Gasteiger partial charge < -0.3 is 24.1 Å². The SMILES string of the molecule is COc1ccc(NC(=O)[C@H](C)OC(=O)c2cc(C)n(CC(F)(F)F)c2C)cc1OC. The fourth-order valence-electron chi connectivity index (χ4n) is 2.87. The highest BCUT2D eigenvalue weighted by Gasteiger charge is 2.31. The summed E-state index contributed by atoms with van der Waals surface area (Å²) in [6.45, 7) is 3.00. The first-order valence-corrected chi connectivity index (χ1v) is 8.94. The molecular weight excluding hydrogens is 405 g/mol. The van der Waals surface area contributed by atoms with Gasteiger partial charge >= 0.3 is 12.1 Å². The Bertz CT molecular complexity index is 937. The number of rotatable bonds is 7. The van der Waals surface area contributed by atoms with Gasteiger partial charge in [0, 0.05) is 23.1 Å². The van der Waals surface area contributed by atoms with E-state index < -0.39 is 30.7 Å². The third-order valence-electron chi connectivity index (χ3n) is 4.44. The Balaban J connectivity index is 2.09. The van der Waals surface area contributed by atoms with Gasteiger partial charge in [-0.1, -0.05) is 0 Å². The van der Waals surface area contributed by atoms with Gasteiger partial charge in [-0.25, -0.2) is 4.79 Å². The summed E-state index contributed by atoms with van der Waals surface area (Å²) < 4.78 is 54.6. The van der Waals surface area contributed by atoms with Crippen molar-refractivity contribution in [2.45, 2.75) is 39.6 Å². The third-order valence-corrected chi connectivity index (χ3v) is 4.44. The number of aryl methyl sites for hydroxylation is 1. The maximum absolute atomic E-state index is 12.7. The first-order chi connectivity index (χ1) is 14.0. The van der Waals surface area contributed by atoms with Gasteiger partial charge in [0.05, 0.1) is 19.8 Å². The minimum absolute atomic E-state index is 0.0254. The van der Waals surface area contributed by atoms with Crippen LogP contribution in [0.15, 0.2) is 24.3 Å². The first kappa shape index (κ1) is 23.1. The number of aromatic nitrogens is 1. The lowest BCUT2D eigenvalue weighted by Gasteiger charge is -2.15. The highest BCUT2D eigenvalue weighted by atomic mass is 19.4. The Morgan fingerprint density at radius 3 is 2.30 bits per heavy atom. The van der Waals surface area contributed by atoms with E-state index in [4.69, 9.17) is 14.2 Å². The van der Waals surface area contributed by atoms with E-state index in [0.717, 1.165) is 4.57 Å². The number of amides is 1. The molecule has 2 aromatic rings. The molecule has 0 saturated heterocycles. The number of carbonyl (C=O) groups excluding carboxylic acids is 2. The van der Waals surface area contributed by atoms with Crippen LogP contribution in [0.5, 0.6) is 11.5 Å². The van der Waals surface area contributed by atoms with Crippen LogP contribution in [0.2, 0.25) is 0 Å². The molecule has 7 nitrogen and oxygen atoms in total. The van der Waals surface area contributed by atoms with Crippen molar-refractivity contribution < 1.29 is 37.0 Å². The van der Waals surface area contributed by atoms with E-state index in [2.05, 4.69) is 5.32 Å². The molecule has 0 spiro atoms. The van der Waals surface area contributed by atoms with Gasteiger partial charge in [-0.3, -0.25) is 4.79 Å². The van der Waals surface area contributed by atoms with Crippen LogP contribution in [0.3, 0.4) is 0 Å². The molecule has 0 aliphatic rings. The van der Waals surface area contributed by atoms with E-state index in [-0.39, 0.29) is 17.0 Å². The Labute approximate surface area is 171 Å². The zero-order valence-corrected chi connectivity index (χ0v) is 17.2. The van der Waals surface area contributed by atoms with Crippen molar-refractivity contribution in [3.63, 3.8) is 0 Å². The number of carbonyl (C=O) groups is 2. The molecule has 0 fully saturated rings. The quantitative estimate of drug-likeness (QED) is 0.678. The number of hydrogen-bond donors (Lipinski definition) is 1. The van der Waals surface area contributed by atoms with Crippen LogP contribution < -0.4 is 14.8 Å². The molecule has 2 rings (SSSR count). The lowest BCUT2D eigenvalue weighted by molar-refractivity contribution is -0.141. The van der Waals surface area contributed by atoms with Crippen molar-refractivity contribution in [2.24, 2.45) is 0 Å². The summed E-state index contributed by atoms with van der Waals surface area (Å²) in [5, 5.41) is 2.58. The number of hydrogen-bond acceptors (Lipinski definition) is 5. The second-order valence-corrected chi connectivity index (χ2v) is 6.59. The minimum atomic E-state index is -4.43. The van der Waals surface area contributed by atoms with Crippen molar-refractivity contribution in [1.82, 2.24) is 4.57 Å². The van der Waals surface area contributed by atoms with Crippen molar-refractivity contribution in [1.29, 1.82) is 0 Å². The molecule has 0 radical (unpaired) electrons. The van der Waals surface area contributed by atoms with Crippen LogP contribution >= 0.6 is 0 Å². The summed E-state index contributed by atoms with van der Waals surface area (Å²) >= 11 is 0. The lowest BCUT2D eigenvalue weighted by atomic mass is 10.2.